The molecule has 9 rings (SSSR count). The quantitative estimate of drug-likeness (QED) is 0.0374. The van der Waals surface area contributed by atoms with Crippen LogP contribution < -0.4 is 15.5 Å². The van der Waals surface area contributed by atoms with Gasteiger partial charge in [-0.25, -0.2) is 0 Å². The van der Waals surface area contributed by atoms with E-state index in [0.717, 1.165) is 127 Å². The van der Waals surface area contributed by atoms with Crippen LogP contribution in [0.2, 0.25) is 0 Å². The minimum Gasteiger partial charge on any atom is -0.499 e. The molecule has 0 bridgehead atoms. The number of benzene rings is 6. The van der Waals surface area contributed by atoms with Gasteiger partial charge in [-0.2, -0.15) is 0 Å². The molecule has 0 heterocycles. The van der Waals surface area contributed by atoms with Crippen molar-refractivity contribution in [2.75, 3.05) is 42.9 Å². The lowest BCUT2D eigenvalue weighted by atomic mass is 9.92. The van der Waals surface area contributed by atoms with Crippen LogP contribution in [0.25, 0.3) is 32.3 Å². The molecule has 6 aromatic rings. The topological polar surface area (TPSA) is 172 Å². The van der Waals surface area contributed by atoms with Crippen molar-refractivity contribution in [3.63, 3.8) is 0 Å². The predicted octanol–water partition coefficient (Wildman–Crippen LogP) is 11.6. The Balaban J connectivity index is 0.000000182. The molecule has 12 heteroatoms. The van der Waals surface area contributed by atoms with E-state index in [1.807, 2.05) is 36.4 Å². The van der Waals surface area contributed by atoms with E-state index in [2.05, 4.69) is 123 Å². The average molecular weight is 1020 g/mol. The minimum atomic E-state index is -0.121. The summed E-state index contributed by atoms with van der Waals surface area (Å²) in [4.78, 5) is 25.2. The number of hydrogen-bond donors (Lipinski definition) is 7. The molecule has 3 aliphatic rings. The monoisotopic (exact) mass is 1020 g/mol. The first kappa shape index (κ1) is 55.6. The highest BCUT2D eigenvalue weighted by molar-refractivity contribution is 9.10. The van der Waals surface area contributed by atoms with Crippen LogP contribution in [0.15, 0.2) is 127 Å². The predicted molar refractivity (Wildman–Crippen MR) is 291 cm³/mol. The van der Waals surface area contributed by atoms with E-state index in [9.17, 15) is 24.9 Å². The second kappa shape index (κ2) is 28.5. The lowest BCUT2D eigenvalue weighted by Crippen LogP contribution is -2.36. The first-order chi connectivity index (χ1) is 33.8. The number of carbonyl (C=O) groups is 2. The van der Waals surface area contributed by atoms with Gasteiger partial charge in [-0.3, -0.25) is 9.59 Å². The summed E-state index contributed by atoms with van der Waals surface area (Å²) >= 11 is 3.50. The number of aliphatic hydroxyl groups excluding tert-OH is 5. The molecule has 0 aromatic heterocycles. The van der Waals surface area contributed by atoms with Crippen molar-refractivity contribution in [1.29, 1.82) is 0 Å². The largest absolute Gasteiger partial charge is 0.499 e. The molecule has 0 amide bonds. The standard InChI is InChI=1S/C19H23NO2.C18H21NO2.C16H18BrNO.C4H8O2.CH4O/c1-13(21)14-3-4-16-12-18(6-5-15(16)11-14)20(2)17-7-9-19(22)10-8-17;1-12(20)13-2-3-15-11-17(5-4-14(15)10-13)19-16-6-8-18(21)9-7-16;17-13-3-1-12-10-15(4-2-11(12)9-13)18-14-5-7-16(19)8-6-14;1-2-6-4-3-5;1-2/h3-6,11-12,17,19,22H,7-10H2,1-2H3;2-5,10-11,16,18-19,21H,6-9H2,1H3;1-4,9-10,14,16,18-19H,5-8H2;2,5H,1,3-4H2;2H,1H3. The zero-order chi connectivity index (χ0) is 50.6. The number of ketones is 2. The van der Waals surface area contributed by atoms with Crippen LogP contribution in [-0.4, -0.2) is 101 Å². The Morgan fingerprint density at radius 3 is 1.40 bits per heavy atom. The van der Waals surface area contributed by atoms with Crippen molar-refractivity contribution in [3.05, 3.63) is 138 Å². The van der Waals surface area contributed by atoms with Gasteiger partial charge in [0.15, 0.2) is 11.6 Å². The maximum atomic E-state index is 11.5. The summed E-state index contributed by atoms with van der Waals surface area (Å²) in [6.07, 6.45) is 12.6. The molecule has 0 atom stereocenters. The Hall–Kier alpha value is -5.34. The third-order valence-corrected chi connectivity index (χ3v) is 13.9. The van der Waals surface area contributed by atoms with Crippen molar-refractivity contribution in [2.24, 2.45) is 0 Å². The van der Waals surface area contributed by atoms with E-state index in [4.69, 9.17) is 10.2 Å². The highest BCUT2D eigenvalue weighted by Gasteiger charge is 2.23. The molecule has 0 spiro atoms. The average Bonchev–Trinajstić information content (AvgIpc) is 3.37. The van der Waals surface area contributed by atoms with Gasteiger partial charge in [0.05, 0.1) is 31.2 Å². The van der Waals surface area contributed by atoms with Gasteiger partial charge in [0.25, 0.3) is 0 Å². The molecule has 6 aromatic carbocycles. The van der Waals surface area contributed by atoms with Gasteiger partial charge in [-0.15, -0.1) is 0 Å². The molecule has 0 unspecified atom stereocenters. The molecule has 70 heavy (non-hydrogen) atoms. The van der Waals surface area contributed by atoms with Gasteiger partial charge < -0.3 is 45.8 Å². The van der Waals surface area contributed by atoms with E-state index in [0.29, 0.717) is 24.7 Å². The van der Waals surface area contributed by atoms with Crippen LogP contribution in [0, 0.1) is 0 Å². The lowest BCUT2D eigenvalue weighted by Gasteiger charge is -2.34. The van der Waals surface area contributed by atoms with Crippen LogP contribution >= 0.6 is 15.9 Å². The number of fused-ring (bicyclic) bond motifs is 3. The number of anilines is 3. The molecule has 3 aliphatic carbocycles. The number of nitrogens with one attached hydrogen (secondary N) is 2. The summed E-state index contributed by atoms with van der Waals surface area (Å²) < 4.78 is 5.61. The molecule has 7 N–H and O–H groups in total. The first-order valence-corrected chi connectivity index (χ1v) is 25.4. The summed E-state index contributed by atoms with van der Waals surface area (Å²) in [5, 5.41) is 57.9. The number of ether oxygens (including phenoxy) is 1. The summed E-state index contributed by atoms with van der Waals surface area (Å²) in [5.41, 5.74) is 5.00. The molecule has 11 nitrogen and oxygen atoms in total. The highest BCUT2D eigenvalue weighted by Crippen LogP contribution is 2.31. The minimum absolute atomic E-state index is 0.0615. The molecule has 376 valence electrons. The van der Waals surface area contributed by atoms with Crippen molar-refractivity contribution >= 4 is 76.9 Å². The number of rotatable bonds is 11. The normalized spacial score (nSPS) is 20.6. The maximum absolute atomic E-state index is 11.5. The fraction of sp³-hybridized carbons (Fsp3) is 0.414. The zero-order valence-corrected chi connectivity index (χ0v) is 42.9. The van der Waals surface area contributed by atoms with E-state index in [1.165, 1.54) is 28.4 Å². The Morgan fingerprint density at radius 2 is 0.971 bits per heavy atom. The number of hydrogen-bond acceptors (Lipinski definition) is 11. The Morgan fingerprint density at radius 1 is 0.586 bits per heavy atom. The van der Waals surface area contributed by atoms with Gasteiger partial charge in [0.1, 0.15) is 6.61 Å². The van der Waals surface area contributed by atoms with E-state index in [-0.39, 0.29) is 36.5 Å². The second-order valence-corrected chi connectivity index (χ2v) is 19.4. The summed E-state index contributed by atoms with van der Waals surface area (Å²) in [6.45, 7) is 6.87. The molecule has 0 saturated heterocycles. The van der Waals surface area contributed by atoms with Crippen LogP contribution in [0.5, 0.6) is 0 Å². The molecular weight excluding hydrogens is 947 g/mol. The first-order valence-electron chi connectivity index (χ1n) is 24.7. The number of Topliss-reactive ketones (excluding diaryl/α,β-unsaturated/α-hetero) is 2. The van der Waals surface area contributed by atoms with E-state index in [1.54, 1.807) is 13.8 Å². The summed E-state index contributed by atoms with van der Waals surface area (Å²) in [7, 11) is 3.13. The van der Waals surface area contributed by atoms with E-state index >= 15 is 0 Å². The molecule has 3 saturated carbocycles. The number of carbonyl (C=O) groups excluding carboxylic acids is 2. The van der Waals surface area contributed by atoms with Crippen molar-refractivity contribution in [3.8, 4) is 0 Å². The van der Waals surface area contributed by atoms with Gasteiger partial charge in [0.2, 0.25) is 0 Å². The zero-order valence-electron chi connectivity index (χ0n) is 41.3. The molecule has 0 radical (unpaired) electrons. The lowest BCUT2D eigenvalue weighted by molar-refractivity contribution is 0.100. The number of nitrogens with zero attached hydrogens (tertiary/aromatic N) is 1. The molecule has 0 aliphatic heterocycles. The fourth-order valence-electron chi connectivity index (χ4n) is 9.24. The SMILES string of the molecule is C=COCCO.CC(=O)c1ccc2cc(N(C)C3CCC(O)CC3)ccc2c1.CC(=O)c1ccc2cc(NC3CCC(O)CC3)ccc2c1.CO.OC1CCC(Nc2ccc3cc(Br)ccc3c2)CC1. The smallest absolute Gasteiger partial charge is 0.159 e. The van der Waals surface area contributed by atoms with Crippen LogP contribution in [-0.2, 0) is 4.74 Å². The molecule has 3 fully saturated rings. The van der Waals surface area contributed by atoms with Crippen LogP contribution in [0.3, 0.4) is 0 Å². The Bertz CT molecular complexity index is 2580. The number of halogens is 1. The van der Waals surface area contributed by atoms with Gasteiger partial charge in [-0.1, -0.05) is 71.0 Å². The van der Waals surface area contributed by atoms with Gasteiger partial charge >= 0.3 is 0 Å². The van der Waals surface area contributed by atoms with Crippen molar-refractivity contribution in [2.45, 2.75) is 127 Å². The van der Waals surface area contributed by atoms with Gasteiger partial charge in [0, 0.05) is 64.9 Å². The van der Waals surface area contributed by atoms with Crippen LogP contribution in [0.1, 0.15) is 112 Å². The van der Waals surface area contributed by atoms with Crippen molar-refractivity contribution < 1.29 is 39.9 Å². The Kier molecular flexibility index (Phi) is 22.6. The third-order valence-electron chi connectivity index (χ3n) is 13.4. The van der Waals surface area contributed by atoms with Gasteiger partial charge in [-0.05, 0) is 184 Å². The van der Waals surface area contributed by atoms with Crippen LogP contribution in [0.4, 0.5) is 17.1 Å². The van der Waals surface area contributed by atoms with Crippen molar-refractivity contribution in [1.82, 2.24) is 0 Å². The summed E-state index contributed by atoms with van der Waals surface area (Å²) in [6, 6.07) is 38.6. The highest BCUT2D eigenvalue weighted by atomic mass is 79.9. The second-order valence-electron chi connectivity index (χ2n) is 18.5. The third kappa shape index (κ3) is 17.2. The number of aliphatic hydroxyl groups is 5. The Labute approximate surface area is 422 Å². The molecular formula is C58H74BrN3O8. The van der Waals surface area contributed by atoms with E-state index < -0.39 is 0 Å². The summed E-state index contributed by atoms with van der Waals surface area (Å²) in [5.74, 6) is 0.198. The fourth-order valence-corrected chi connectivity index (χ4v) is 9.62. The maximum Gasteiger partial charge on any atom is 0.159 e.